The van der Waals surface area contributed by atoms with Crippen LogP contribution in [0.25, 0.3) is 0 Å². The average molecular weight is 342 g/mol. The van der Waals surface area contributed by atoms with Gasteiger partial charge in [0, 0.05) is 16.1 Å². The van der Waals surface area contributed by atoms with Crippen molar-refractivity contribution in [2.45, 2.75) is 6.92 Å². The van der Waals surface area contributed by atoms with E-state index in [1.54, 1.807) is 6.92 Å². The Morgan fingerprint density at radius 3 is 2.75 bits per heavy atom. The molecule has 0 bridgehead atoms. The lowest BCUT2D eigenvalue weighted by molar-refractivity contribution is -0.385. The zero-order valence-corrected chi connectivity index (χ0v) is 11.7. The predicted molar refractivity (Wildman–Crippen MR) is 72.2 cm³/mol. The second-order valence-electron chi connectivity index (χ2n) is 3.83. The van der Waals surface area contributed by atoms with E-state index < -0.39 is 10.8 Å². The van der Waals surface area contributed by atoms with E-state index in [0.29, 0.717) is 10.0 Å². The van der Waals surface area contributed by atoms with E-state index in [9.17, 15) is 14.9 Å². The van der Waals surface area contributed by atoms with Crippen molar-refractivity contribution >= 4 is 39.0 Å². The third-order valence-electron chi connectivity index (χ3n) is 2.46. The standard InChI is InChI=1S/C10H8BrN5O4/c1-4-2-5(11)6(3-7(4)16(18)19)13-10(17)8-9(12)15-20-14-8/h2-3H,1H3,(H2,12,15)(H,13,17). The number of aryl methyl sites for hydroxylation is 1. The molecule has 3 N–H and O–H groups in total. The molecule has 9 nitrogen and oxygen atoms in total. The summed E-state index contributed by atoms with van der Waals surface area (Å²) in [5, 5.41) is 19.9. The highest BCUT2D eigenvalue weighted by molar-refractivity contribution is 9.10. The first-order valence-corrected chi connectivity index (χ1v) is 6.03. The van der Waals surface area contributed by atoms with Crippen LogP contribution in [0.4, 0.5) is 17.2 Å². The van der Waals surface area contributed by atoms with Crippen LogP contribution in [0.2, 0.25) is 0 Å². The molecule has 0 aliphatic heterocycles. The van der Waals surface area contributed by atoms with Gasteiger partial charge in [-0.25, -0.2) is 4.63 Å². The Kier molecular flexibility index (Phi) is 3.66. The third-order valence-corrected chi connectivity index (χ3v) is 3.12. The second kappa shape index (κ2) is 5.25. The summed E-state index contributed by atoms with van der Waals surface area (Å²) in [4.78, 5) is 22.2. The molecule has 0 aliphatic carbocycles. The minimum Gasteiger partial charge on any atom is -0.379 e. The number of benzene rings is 1. The van der Waals surface area contributed by atoms with E-state index in [4.69, 9.17) is 5.73 Å². The average Bonchev–Trinajstić information content (AvgIpc) is 2.78. The maximum absolute atomic E-state index is 11.9. The number of nitrogen functional groups attached to an aromatic ring is 1. The van der Waals surface area contributed by atoms with E-state index >= 15 is 0 Å². The molecule has 10 heteroatoms. The molecule has 0 unspecified atom stereocenters. The number of halogens is 1. The number of hydrogen-bond donors (Lipinski definition) is 2. The van der Waals surface area contributed by atoms with Gasteiger partial charge in [0.05, 0.1) is 10.6 Å². The Balaban J connectivity index is 2.34. The first kappa shape index (κ1) is 13.9. The summed E-state index contributed by atoms with van der Waals surface area (Å²) >= 11 is 3.21. The van der Waals surface area contributed by atoms with Gasteiger partial charge in [-0.2, -0.15) is 0 Å². The Hall–Kier alpha value is -2.49. The van der Waals surface area contributed by atoms with Crippen LogP contribution in [0.5, 0.6) is 0 Å². The van der Waals surface area contributed by atoms with Crippen LogP contribution < -0.4 is 11.1 Å². The van der Waals surface area contributed by atoms with Crippen molar-refractivity contribution in [2.24, 2.45) is 0 Å². The van der Waals surface area contributed by atoms with Crippen LogP contribution >= 0.6 is 15.9 Å². The number of nitrogens with two attached hydrogens (primary N) is 1. The van der Waals surface area contributed by atoms with Gasteiger partial charge in [0.1, 0.15) is 0 Å². The van der Waals surface area contributed by atoms with E-state index in [-0.39, 0.29) is 22.9 Å². The summed E-state index contributed by atoms with van der Waals surface area (Å²) in [6.07, 6.45) is 0. The third kappa shape index (κ3) is 2.59. The largest absolute Gasteiger partial charge is 0.379 e. The number of amides is 1. The van der Waals surface area contributed by atoms with Crippen LogP contribution in [0.3, 0.4) is 0 Å². The van der Waals surface area contributed by atoms with E-state index in [0.717, 1.165) is 0 Å². The fraction of sp³-hybridized carbons (Fsp3) is 0.100. The molecule has 0 atom stereocenters. The Labute approximate surface area is 120 Å². The zero-order chi connectivity index (χ0) is 14.9. The minimum absolute atomic E-state index is 0.116. The molecule has 2 rings (SSSR count). The highest BCUT2D eigenvalue weighted by Gasteiger charge is 2.20. The van der Waals surface area contributed by atoms with Crippen molar-refractivity contribution in [1.29, 1.82) is 0 Å². The lowest BCUT2D eigenvalue weighted by Gasteiger charge is -2.07. The van der Waals surface area contributed by atoms with Gasteiger partial charge in [-0.05, 0) is 39.2 Å². The number of anilines is 2. The van der Waals surface area contributed by atoms with Gasteiger partial charge in [0.15, 0.2) is 0 Å². The molecule has 1 aromatic carbocycles. The highest BCUT2D eigenvalue weighted by atomic mass is 79.9. The van der Waals surface area contributed by atoms with Crippen molar-refractivity contribution in [3.8, 4) is 0 Å². The summed E-state index contributed by atoms with van der Waals surface area (Å²) in [6.45, 7) is 1.59. The lowest BCUT2D eigenvalue weighted by atomic mass is 10.2. The number of nitrogens with zero attached hydrogens (tertiary/aromatic N) is 3. The number of aromatic nitrogens is 2. The van der Waals surface area contributed by atoms with Crippen molar-refractivity contribution in [3.63, 3.8) is 0 Å². The number of rotatable bonds is 3. The molecule has 0 saturated heterocycles. The van der Waals surface area contributed by atoms with Gasteiger partial charge in [0.25, 0.3) is 11.6 Å². The number of nitro groups is 1. The predicted octanol–water partition coefficient (Wildman–Crippen LogP) is 1.88. The summed E-state index contributed by atoms with van der Waals surface area (Å²) < 4.78 is 4.80. The van der Waals surface area contributed by atoms with E-state index in [2.05, 4.69) is 36.2 Å². The number of nitro benzene ring substituents is 1. The van der Waals surface area contributed by atoms with Crippen LogP contribution in [0, 0.1) is 17.0 Å². The molecular weight excluding hydrogens is 334 g/mol. The molecule has 1 amide bonds. The molecule has 104 valence electrons. The second-order valence-corrected chi connectivity index (χ2v) is 4.68. The summed E-state index contributed by atoms with van der Waals surface area (Å²) in [5.41, 5.74) is 5.75. The topological polar surface area (TPSA) is 137 Å². The molecule has 0 fully saturated rings. The Morgan fingerprint density at radius 1 is 1.50 bits per heavy atom. The highest BCUT2D eigenvalue weighted by Crippen LogP contribution is 2.31. The summed E-state index contributed by atoms with van der Waals surface area (Å²) in [5.74, 6) is -0.845. The van der Waals surface area contributed by atoms with Gasteiger partial charge >= 0.3 is 0 Å². The lowest BCUT2D eigenvalue weighted by Crippen LogP contribution is -2.15. The van der Waals surface area contributed by atoms with Crippen LogP contribution in [0.1, 0.15) is 16.1 Å². The fourth-order valence-corrected chi connectivity index (χ4v) is 2.05. The maximum atomic E-state index is 11.9. The molecule has 0 spiro atoms. The SMILES string of the molecule is Cc1cc(Br)c(NC(=O)c2nonc2N)cc1[N+](=O)[O-]. The minimum atomic E-state index is -0.678. The molecule has 0 aliphatic rings. The van der Waals surface area contributed by atoms with Crippen molar-refractivity contribution < 1.29 is 14.3 Å². The molecule has 20 heavy (non-hydrogen) atoms. The summed E-state index contributed by atoms with van der Waals surface area (Å²) in [6, 6.07) is 2.76. The number of carbonyl (C=O) groups excluding carboxylic acids is 1. The number of nitrogens with one attached hydrogen (secondary N) is 1. The smallest absolute Gasteiger partial charge is 0.281 e. The van der Waals surface area contributed by atoms with E-state index in [1.807, 2.05) is 0 Å². The van der Waals surface area contributed by atoms with E-state index in [1.165, 1.54) is 12.1 Å². The van der Waals surface area contributed by atoms with Crippen molar-refractivity contribution in [3.05, 3.63) is 38.0 Å². The quantitative estimate of drug-likeness (QED) is 0.641. The monoisotopic (exact) mass is 341 g/mol. The van der Waals surface area contributed by atoms with Crippen LogP contribution in [-0.2, 0) is 0 Å². The van der Waals surface area contributed by atoms with Crippen LogP contribution in [-0.4, -0.2) is 21.1 Å². The Bertz CT molecular complexity index is 699. The zero-order valence-electron chi connectivity index (χ0n) is 10.1. The number of carbonyl (C=O) groups is 1. The van der Waals surface area contributed by atoms with Crippen molar-refractivity contribution in [1.82, 2.24) is 10.3 Å². The van der Waals surface area contributed by atoms with Gasteiger partial charge in [-0.1, -0.05) is 0 Å². The summed E-state index contributed by atoms with van der Waals surface area (Å²) in [7, 11) is 0. The Morgan fingerprint density at radius 2 is 2.20 bits per heavy atom. The molecular formula is C10H8BrN5O4. The van der Waals surface area contributed by atoms with Gasteiger partial charge in [0.2, 0.25) is 11.5 Å². The fourth-order valence-electron chi connectivity index (χ4n) is 1.49. The maximum Gasteiger partial charge on any atom is 0.281 e. The molecule has 0 saturated carbocycles. The molecule has 0 radical (unpaired) electrons. The molecule has 2 aromatic rings. The van der Waals surface area contributed by atoms with Gasteiger partial charge in [-0.15, -0.1) is 0 Å². The molecule has 1 aromatic heterocycles. The first-order chi connectivity index (χ1) is 9.40. The van der Waals surface area contributed by atoms with Gasteiger partial charge < -0.3 is 11.1 Å². The van der Waals surface area contributed by atoms with Gasteiger partial charge in [-0.3, -0.25) is 14.9 Å². The molecule has 1 heterocycles. The number of hydrogen-bond acceptors (Lipinski definition) is 7. The van der Waals surface area contributed by atoms with Crippen LogP contribution in [0.15, 0.2) is 21.2 Å². The first-order valence-electron chi connectivity index (χ1n) is 5.24. The van der Waals surface area contributed by atoms with Crippen molar-refractivity contribution in [2.75, 3.05) is 11.1 Å². The normalized spacial score (nSPS) is 10.3.